The van der Waals surface area contributed by atoms with E-state index in [4.69, 9.17) is 9.90 Å². The number of alkyl halides is 3. The molecule has 0 radical (unpaired) electrons. The zero-order valence-corrected chi connectivity index (χ0v) is 14.3. The van der Waals surface area contributed by atoms with Crippen molar-refractivity contribution in [3.8, 4) is 0 Å². The maximum Gasteiger partial charge on any atom is 0.490 e. The van der Waals surface area contributed by atoms with Crippen molar-refractivity contribution in [3.05, 3.63) is 29.8 Å². The number of aliphatic imine (C=N–C) groups is 1. The van der Waals surface area contributed by atoms with Crippen molar-refractivity contribution in [1.29, 1.82) is 0 Å². The van der Waals surface area contributed by atoms with Gasteiger partial charge in [0.2, 0.25) is 0 Å². The van der Waals surface area contributed by atoms with E-state index >= 15 is 0 Å². The van der Waals surface area contributed by atoms with E-state index in [1.165, 1.54) is 18.4 Å². The van der Waals surface area contributed by atoms with E-state index in [-0.39, 0.29) is 0 Å². The minimum absolute atomic E-state index is 0.698. The summed E-state index contributed by atoms with van der Waals surface area (Å²) in [5.41, 5.74) is 2.59. The summed E-state index contributed by atoms with van der Waals surface area (Å²) in [7, 11) is 0. The van der Waals surface area contributed by atoms with Crippen LogP contribution < -0.4 is 16.0 Å². The van der Waals surface area contributed by atoms with Crippen LogP contribution in [0.1, 0.15) is 30.7 Å². The Kier molecular flexibility index (Phi) is 7.26. The smallest absolute Gasteiger partial charge is 0.475 e. The fourth-order valence-electron chi connectivity index (χ4n) is 2.78. The van der Waals surface area contributed by atoms with Crippen molar-refractivity contribution in [1.82, 2.24) is 10.6 Å². The number of anilines is 1. The molecule has 0 aromatic heterocycles. The summed E-state index contributed by atoms with van der Waals surface area (Å²) >= 11 is 0. The molecule has 0 bridgehead atoms. The first kappa shape index (κ1) is 20.0. The number of nitrogens with zero attached hydrogens (tertiary/aromatic N) is 1. The highest BCUT2D eigenvalue weighted by Gasteiger charge is 2.38. The van der Waals surface area contributed by atoms with Gasteiger partial charge in [0.25, 0.3) is 0 Å². The lowest BCUT2D eigenvalue weighted by atomic mass is 9.90. The Balaban J connectivity index is 0.000000298. The van der Waals surface area contributed by atoms with E-state index in [0.717, 1.165) is 44.2 Å². The molecule has 1 aromatic rings. The van der Waals surface area contributed by atoms with Crippen molar-refractivity contribution in [3.63, 3.8) is 0 Å². The maximum atomic E-state index is 10.6. The molecule has 6 nitrogen and oxygen atoms in total. The SMILES string of the molecule is O=C(O)C(F)(F)F.c1cc(NC2=NCCCN2)cc(C2CCNCC2)c1. The first-order chi connectivity index (χ1) is 12.4. The Morgan fingerprint density at radius 2 is 1.92 bits per heavy atom. The second-order valence-corrected chi connectivity index (χ2v) is 6.09. The lowest BCUT2D eigenvalue weighted by molar-refractivity contribution is -0.192. The van der Waals surface area contributed by atoms with Gasteiger partial charge < -0.3 is 21.1 Å². The molecule has 2 heterocycles. The molecule has 2 aliphatic heterocycles. The molecule has 0 amide bonds. The zero-order valence-electron chi connectivity index (χ0n) is 14.3. The predicted molar refractivity (Wildman–Crippen MR) is 93.5 cm³/mol. The fraction of sp³-hybridized carbons (Fsp3) is 0.529. The van der Waals surface area contributed by atoms with Crippen molar-refractivity contribution in [2.45, 2.75) is 31.4 Å². The molecule has 9 heteroatoms. The molecule has 0 unspecified atom stereocenters. The highest BCUT2D eigenvalue weighted by Crippen LogP contribution is 2.27. The third-order valence-electron chi connectivity index (χ3n) is 4.10. The van der Waals surface area contributed by atoms with Crippen LogP contribution in [0.5, 0.6) is 0 Å². The fourth-order valence-corrected chi connectivity index (χ4v) is 2.78. The number of hydrogen-bond donors (Lipinski definition) is 4. The Labute approximate surface area is 149 Å². The summed E-state index contributed by atoms with van der Waals surface area (Å²) in [4.78, 5) is 13.3. The molecular weight excluding hydrogens is 349 g/mol. The number of guanidine groups is 1. The summed E-state index contributed by atoms with van der Waals surface area (Å²) < 4.78 is 31.7. The normalized spacial score (nSPS) is 18.0. The van der Waals surface area contributed by atoms with Crippen molar-refractivity contribution < 1.29 is 23.1 Å². The number of piperidine rings is 1. The van der Waals surface area contributed by atoms with Gasteiger partial charge in [-0.05, 0) is 56.0 Å². The molecule has 1 fully saturated rings. The van der Waals surface area contributed by atoms with Crippen molar-refractivity contribution in [2.24, 2.45) is 4.99 Å². The van der Waals surface area contributed by atoms with Crippen LogP contribution in [0.3, 0.4) is 0 Å². The van der Waals surface area contributed by atoms with E-state index in [0.29, 0.717) is 5.92 Å². The van der Waals surface area contributed by atoms with E-state index in [1.807, 2.05) is 0 Å². The first-order valence-corrected chi connectivity index (χ1v) is 8.52. The molecule has 26 heavy (non-hydrogen) atoms. The maximum absolute atomic E-state index is 10.6. The first-order valence-electron chi connectivity index (χ1n) is 8.52. The van der Waals surface area contributed by atoms with Crippen molar-refractivity contribution in [2.75, 3.05) is 31.5 Å². The third kappa shape index (κ3) is 6.55. The Morgan fingerprint density at radius 3 is 2.50 bits per heavy atom. The monoisotopic (exact) mass is 372 g/mol. The summed E-state index contributed by atoms with van der Waals surface area (Å²) in [6.45, 7) is 4.20. The molecule has 1 saturated heterocycles. The van der Waals surface area contributed by atoms with Gasteiger partial charge in [-0.15, -0.1) is 0 Å². The molecule has 0 atom stereocenters. The van der Waals surface area contributed by atoms with Gasteiger partial charge in [-0.25, -0.2) is 4.79 Å². The van der Waals surface area contributed by atoms with Crippen LogP contribution in [-0.4, -0.2) is 49.4 Å². The molecule has 0 spiro atoms. The number of hydrogen-bond acceptors (Lipinski definition) is 5. The number of halogens is 3. The Hall–Kier alpha value is -2.29. The number of nitrogens with one attached hydrogen (secondary N) is 3. The van der Waals surface area contributed by atoms with E-state index < -0.39 is 12.1 Å². The zero-order chi connectivity index (χ0) is 19.0. The number of carbonyl (C=O) groups is 1. The van der Waals surface area contributed by atoms with Gasteiger partial charge in [0.15, 0.2) is 5.96 Å². The highest BCUT2D eigenvalue weighted by atomic mass is 19.4. The van der Waals surface area contributed by atoms with E-state index in [2.05, 4.69) is 45.2 Å². The van der Waals surface area contributed by atoms with Crippen LogP contribution in [-0.2, 0) is 4.79 Å². The van der Waals surface area contributed by atoms with Crippen LogP contribution in [0, 0.1) is 0 Å². The van der Waals surface area contributed by atoms with Crippen molar-refractivity contribution >= 4 is 17.6 Å². The average molecular weight is 372 g/mol. The van der Waals surface area contributed by atoms with Gasteiger partial charge in [0, 0.05) is 18.8 Å². The molecule has 1 aromatic carbocycles. The van der Waals surface area contributed by atoms with Gasteiger partial charge in [0.1, 0.15) is 0 Å². The highest BCUT2D eigenvalue weighted by molar-refractivity contribution is 5.94. The topological polar surface area (TPSA) is 85.8 Å². The molecule has 2 aliphatic rings. The van der Waals surface area contributed by atoms with Crippen LogP contribution in [0.15, 0.2) is 29.3 Å². The van der Waals surface area contributed by atoms with Crippen LogP contribution in [0.4, 0.5) is 18.9 Å². The van der Waals surface area contributed by atoms with Gasteiger partial charge in [-0.3, -0.25) is 4.99 Å². The number of carboxylic acid groups (broad SMARTS) is 1. The largest absolute Gasteiger partial charge is 0.490 e. The quantitative estimate of drug-likeness (QED) is 0.641. The lowest BCUT2D eigenvalue weighted by Gasteiger charge is -2.23. The Bertz CT molecular complexity index is 629. The summed E-state index contributed by atoms with van der Waals surface area (Å²) in [6.07, 6.45) is -1.48. The molecule has 4 N–H and O–H groups in total. The summed E-state index contributed by atoms with van der Waals surface area (Å²) in [6, 6.07) is 8.78. The second kappa shape index (κ2) is 9.42. The summed E-state index contributed by atoms with van der Waals surface area (Å²) in [5, 5.41) is 17.2. The van der Waals surface area contributed by atoms with Gasteiger partial charge in [0.05, 0.1) is 0 Å². The number of rotatable bonds is 2. The average Bonchev–Trinajstić information content (AvgIpc) is 2.63. The van der Waals surface area contributed by atoms with Crippen LogP contribution in [0.25, 0.3) is 0 Å². The molecular formula is C17H23F3N4O2. The van der Waals surface area contributed by atoms with Crippen LogP contribution >= 0.6 is 0 Å². The number of benzene rings is 1. The molecule has 3 rings (SSSR count). The lowest BCUT2D eigenvalue weighted by Crippen LogP contribution is -2.35. The van der Waals surface area contributed by atoms with E-state index in [9.17, 15) is 13.2 Å². The minimum Gasteiger partial charge on any atom is -0.475 e. The molecule has 0 saturated carbocycles. The second-order valence-electron chi connectivity index (χ2n) is 6.09. The van der Waals surface area contributed by atoms with E-state index in [1.54, 1.807) is 0 Å². The number of aliphatic carboxylic acids is 1. The standard InChI is InChI=1S/C15H22N4.C2HF3O2/c1-3-13(12-5-9-16-10-6-12)11-14(4-1)19-15-17-7-2-8-18-15;3-2(4,5)1(6)7/h1,3-4,11-12,16H,2,5-10H2,(H2,17,18,19);(H,6,7). The third-order valence-corrected chi connectivity index (χ3v) is 4.10. The van der Waals surface area contributed by atoms with Gasteiger partial charge >= 0.3 is 12.1 Å². The molecule has 144 valence electrons. The Morgan fingerprint density at radius 1 is 1.23 bits per heavy atom. The van der Waals surface area contributed by atoms with Gasteiger partial charge in [-0.1, -0.05) is 12.1 Å². The summed E-state index contributed by atoms with van der Waals surface area (Å²) in [5.74, 6) is -1.15. The minimum atomic E-state index is -5.08. The van der Waals surface area contributed by atoms with Crippen LogP contribution in [0.2, 0.25) is 0 Å². The molecule has 0 aliphatic carbocycles. The number of carboxylic acids is 1. The predicted octanol–water partition coefficient (Wildman–Crippen LogP) is 2.55. The van der Waals surface area contributed by atoms with Gasteiger partial charge in [-0.2, -0.15) is 13.2 Å².